The summed E-state index contributed by atoms with van der Waals surface area (Å²) in [7, 11) is 0. The van der Waals surface area contributed by atoms with Crippen molar-refractivity contribution in [3.63, 3.8) is 0 Å². The fraction of sp³-hybridized carbons (Fsp3) is 0.333. The normalized spacial score (nSPS) is 23.4. The SMILES string of the molecule is CCOC(=O)C1=C(O)[C@@H]2CS[C@@H](c3ccc(F)cc3Cl)N2C1=O. The van der Waals surface area contributed by atoms with Crippen LogP contribution in [-0.2, 0) is 14.3 Å². The highest BCUT2D eigenvalue weighted by Crippen LogP contribution is 2.48. The number of hydrogen-bond acceptors (Lipinski definition) is 5. The predicted molar refractivity (Wildman–Crippen MR) is 83.5 cm³/mol. The molecule has 1 aromatic rings. The van der Waals surface area contributed by atoms with Gasteiger partial charge in [0.25, 0.3) is 5.91 Å². The quantitative estimate of drug-likeness (QED) is 0.665. The number of rotatable bonds is 3. The number of benzene rings is 1. The molecular formula is C15H13ClFNO4S. The maximum atomic E-state index is 13.2. The van der Waals surface area contributed by atoms with E-state index in [0.29, 0.717) is 11.3 Å². The number of amides is 1. The van der Waals surface area contributed by atoms with E-state index >= 15 is 0 Å². The molecule has 2 atom stereocenters. The third-order valence-corrected chi connectivity index (χ3v) is 5.36. The zero-order chi connectivity index (χ0) is 16.7. The highest BCUT2D eigenvalue weighted by Gasteiger charge is 2.51. The highest BCUT2D eigenvalue weighted by atomic mass is 35.5. The van der Waals surface area contributed by atoms with E-state index in [4.69, 9.17) is 16.3 Å². The van der Waals surface area contributed by atoms with Crippen molar-refractivity contribution in [2.45, 2.75) is 18.3 Å². The van der Waals surface area contributed by atoms with Crippen LogP contribution in [0.1, 0.15) is 17.9 Å². The maximum Gasteiger partial charge on any atom is 0.347 e. The third-order valence-electron chi connectivity index (χ3n) is 3.73. The number of fused-ring (bicyclic) bond motifs is 1. The second-order valence-corrected chi connectivity index (χ2v) is 6.58. The van der Waals surface area contributed by atoms with E-state index in [0.717, 1.165) is 0 Å². The van der Waals surface area contributed by atoms with Crippen molar-refractivity contribution < 1.29 is 23.8 Å². The molecule has 122 valence electrons. The van der Waals surface area contributed by atoms with Crippen molar-refractivity contribution in [1.82, 2.24) is 4.90 Å². The van der Waals surface area contributed by atoms with Gasteiger partial charge < -0.3 is 14.7 Å². The minimum absolute atomic E-state index is 0.107. The first-order valence-corrected chi connectivity index (χ1v) is 8.37. The van der Waals surface area contributed by atoms with Gasteiger partial charge in [0.05, 0.1) is 6.61 Å². The molecule has 0 bridgehead atoms. The van der Waals surface area contributed by atoms with Crippen molar-refractivity contribution in [1.29, 1.82) is 0 Å². The standard InChI is InChI=1S/C15H13ClFNO4S/c1-2-22-15(21)11-12(19)10-6-23-14(18(10)13(11)20)8-4-3-7(17)5-9(8)16/h3-5,10,14,19H,2,6H2,1H3/t10-,14-/m0/s1. The van der Waals surface area contributed by atoms with Crippen LogP contribution >= 0.6 is 23.4 Å². The lowest BCUT2D eigenvalue weighted by Crippen LogP contribution is -2.34. The average molecular weight is 358 g/mol. The Kier molecular flexibility index (Phi) is 4.25. The summed E-state index contributed by atoms with van der Waals surface area (Å²) < 4.78 is 18.0. The van der Waals surface area contributed by atoms with Crippen LogP contribution in [0, 0.1) is 5.82 Å². The molecule has 0 saturated carbocycles. The number of nitrogens with zero attached hydrogens (tertiary/aromatic N) is 1. The van der Waals surface area contributed by atoms with Crippen LogP contribution in [0.4, 0.5) is 4.39 Å². The van der Waals surface area contributed by atoms with Gasteiger partial charge in [-0.3, -0.25) is 4.79 Å². The third kappa shape index (κ3) is 2.57. The molecule has 1 aromatic carbocycles. The van der Waals surface area contributed by atoms with Gasteiger partial charge in [-0.05, 0) is 19.1 Å². The molecule has 23 heavy (non-hydrogen) atoms. The summed E-state index contributed by atoms with van der Waals surface area (Å²) >= 11 is 7.47. The highest BCUT2D eigenvalue weighted by molar-refractivity contribution is 7.99. The molecule has 0 unspecified atom stereocenters. The number of carbonyl (C=O) groups is 2. The van der Waals surface area contributed by atoms with Gasteiger partial charge in [0.2, 0.25) is 0 Å². The summed E-state index contributed by atoms with van der Waals surface area (Å²) in [4.78, 5) is 25.8. The molecule has 2 heterocycles. The topological polar surface area (TPSA) is 66.8 Å². The van der Waals surface area contributed by atoms with E-state index in [-0.39, 0.29) is 23.0 Å². The van der Waals surface area contributed by atoms with E-state index in [1.165, 1.54) is 34.9 Å². The van der Waals surface area contributed by atoms with Gasteiger partial charge in [-0.1, -0.05) is 17.7 Å². The number of carbonyl (C=O) groups excluding carboxylic acids is 2. The fourth-order valence-corrected chi connectivity index (χ4v) is 4.51. The zero-order valence-corrected chi connectivity index (χ0v) is 13.7. The summed E-state index contributed by atoms with van der Waals surface area (Å²) in [5.41, 5.74) is 0.229. The number of hydrogen-bond donors (Lipinski definition) is 1. The maximum absolute atomic E-state index is 13.2. The first-order valence-electron chi connectivity index (χ1n) is 6.95. The van der Waals surface area contributed by atoms with Crippen LogP contribution in [0.3, 0.4) is 0 Å². The van der Waals surface area contributed by atoms with E-state index in [9.17, 15) is 19.1 Å². The molecule has 0 aromatic heterocycles. The van der Waals surface area contributed by atoms with Gasteiger partial charge in [0.15, 0.2) is 5.57 Å². The Morgan fingerprint density at radius 3 is 2.96 bits per heavy atom. The minimum atomic E-state index is -0.835. The average Bonchev–Trinajstić information content (AvgIpc) is 3.01. The van der Waals surface area contributed by atoms with Gasteiger partial charge in [-0.25, -0.2) is 9.18 Å². The number of esters is 1. The van der Waals surface area contributed by atoms with Crippen LogP contribution in [0.25, 0.3) is 0 Å². The molecule has 2 aliphatic rings. The Balaban J connectivity index is 1.94. The summed E-state index contributed by atoms with van der Waals surface area (Å²) in [6.45, 7) is 1.72. The molecule has 1 fully saturated rings. The van der Waals surface area contributed by atoms with Gasteiger partial charge in [0.1, 0.15) is 23.0 Å². The van der Waals surface area contributed by atoms with Crippen LogP contribution < -0.4 is 0 Å². The van der Waals surface area contributed by atoms with Crippen LogP contribution in [-0.4, -0.2) is 40.3 Å². The summed E-state index contributed by atoms with van der Waals surface area (Å²) in [6, 6.07) is 3.34. The minimum Gasteiger partial charge on any atom is -0.509 e. The Morgan fingerprint density at radius 1 is 1.57 bits per heavy atom. The van der Waals surface area contributed by atoms with Gasteiger partial charge in [-0.2, -0.15) is 0 Å². The fourth-order valence-electron chi connectivity index (χ4n) is 2.71. The van der Waals surface area contributed by atoms with Crippen molar-refractivity contribution in [2.24, 2.45) is 0 Å². The molecule has 1 amide bonds. The van der Waals surface area contributed by atoms with Crippen LogP contribution in [0.5, 0.6) is 0 Å². The number of aliphatic hydroxyl groups is 1. The smallest absolute Gasteiger partial charge is 0.347 e. The van der Waals surface area contributed by atoms with E-state index < -0.39 is 29.1 Å². The first-order chi connectivity index (χ1) is 11.0. The van der Waals surface area contributed by atoms with Crippen molar-refractivity contribution in [3.05, 3.63) is 45.9 Å². The molecule has 3 rings (SSSR count). The lowest BCUT2D eigenvalue weighted by molar-refractivity contribution is -0.141. The summed E-state index contributed by atoms with van der Waals surface area (Å²) in [6.07, 6.45) is 0. The molecule has 0 spiro atoms. The van der Waals surface area contributed by atoms with Gasteiger partial charge in [-0.15, -0.1) is 11.8 Å². The van der Waals surface area contributed by atoms with Gasteiger partial charge >= 0.3 is 5.97 Å². The summed E-state index contributed by atoms with van der Waals surface area (Å²) in [5, 5.41) is 9.92. The molecule has 5 nitrogen and oxygen atoms in total. The predicted octanol–water partition coefficient (Wildman–Crippen LogP) is 2.81. The van der Waals surface area contributed by atoms with Crippen molar-refractivity contribution in [2.75, 3.05) is 12.4 Å². The zero-order valence-electron chi connectivity index (χ0n) is 12.1. The lowest BCUT2D eigenvalue weighted by atomic mass is 10.2. The second kappa shape index (κ2) is 6.05. The largest absolute Gasteiger partial charge is 0.509 e. The lowest BCUT2D eigenvalue weighted by Gasteiger charge is -2.24. The first kappa shape index (κ1) is 16.1. The molecule has 1 N–H and O–H groups in total. The Bertz CT molecular complexity index is 723. The summed E-state index contributed by atoms with van der Waals surface area (Å²) in [5.74, 6) is -1.76. The number of ether oxygens (including phenoxy) is 1. The number of aliphatic hydroxyl groups excluding tert-OH is 1. The Labute approximate surface area is 141 Å². The molecule has 8 heteroatoms. The second-order valence-electron chi connectivity index (χ2n) is 5.06. The molecule has 2 aliphatic heterocycles. The Morgan fingerprint density at radius 2 is 2.30 bits per heavy atom. The van der Waals surface area contributed by atoms with E-state index in [1.54, 1.807) is 6.92 Å². The van der Waals surface area contributed by atoms with Crippen LogP contribution in [0.2, 0.25) is 5.02 Å². The molecule has 1 saturated heterocycles. The molecule has 0 radical (unpaired) electrons. The van der Waals surface area contributed by atoms with E-state index in [1.807, 2.05) is 0 Å². The van der Waals surface area contributed by atoms with Crippen molar-refractivity contribution >= 4 is 35.2 Å². The number of halogens is 2. The van der Waals surface area contributed by atoms with Crippen LogP contribution in [0.15, 0.2) is 29.5 Å². The molecule has 0 aliphatic carbocycles. The van der Waals surface area contributed by atoms with E-state index in [2.05, 4.69) is 0 Å². The Hall–Kier alpha value is -1.73. The number of thioether (sulfide) groups is 1. The van der Waals surface area contributed by atoms with Crippen molar-refractivity contribution in [3.8, 4) is 0 Å². The van der Waals surface area contributed by atoms with Gasteiger partial charge in [0, 0.05) is 16.3 Å². The monoisotopic (exact) mass is 357 g/mol. The molecular weight excluding hydrogens is 345 g/mol.